The summed E-state index contributed by atoms with van der Waals surface area (Å²) in [6.45, 7) is 4.31. The summed E-state index contributed by atoms with van der Waals surface area (Å²) in [4.78, 5) is 21.1. The van der Waals surface area contributed by atoms with Gasteiger partial charge in [-0.3, -0.25) is 9.78 Å². The minimum atomic E-state index is -2.94. The second kappa shape index (κ2) is 7.72. The first-order valence-electron chi connectivity index (χ1n) is 9.22. The van der Waals surface area contributed by atoms with Crippen LogP contribution in [0.3, 0.4) is 0 Å². The molecule has 1 aromatic rings. The molecule has 2 aliphatic rings. The summed E-state index contributed by atoms with van der Waals surface area (Å²) in [5, 5.41) is 0. The third-order valence-corrected chi connectivity index (χ3v) is 6.93. The van der Waals surface area contributed by atoms with E-state index in [-0.39, 0.29) is 23.5 Å². The summed E-state index contributed by atoms with van der Waals surface area (Å²) in [7, 11) is -2.94. The number of hydrogen-bond acceptors (Lipinski definition) is 5. The van der Waals surface area contributed by atoms with Crippen LogP contribution in [0.15, 0.2) is 18.3 Å². The molecular weight excluding hydrogens is 338 g/mol. The van der Waals surface area contributed by atoms with E-state index in [1.54, 1.807) is 6.20 Å². The van der Waals surface area contributed by atoms with Crippen molar-refractivity contribution >= 4 is 21.4 Å². The highest BCUT2D eigenvalue weighted by molar-refractivity contribution is 7.91. The van der Waals surface area contributed by atoms with Crippen LogP contribution in [0.4, 0.5) is 5.69 Å². The van der Waals surface area contributed by atoms with Crippen LogP contribution in [0.1, 0.15) is 49.5 Å². The maximum atomic E-state index is 12.8. The summed E-state index contributed by atoms with van der Waals surface area (Å²) in [6, 6.07) is 3.67. The molecule has 0 aliphatic carbocycles. The Bertz CT molecular complexity index is 712. The molecule has 3 heterocycles. The summed E-state index contributed by atoms with van der Waals surface area (Å²) in [5.41, 5.74) is 1.34. The number of carbonyl (C=O) groups is 1. The molecule has 6 nitrogen and oxygen atoms in total. The van der Waals surface area contributed by atoms with Gasteiger partial charge in [0.25, 0.3) is 5.91 Å². The van der Waals surface area contributed by atoms with Crippen LogP contribution in [-0.2, 0) is 9.84 Å². The van der Waals surface area contributed by atoms with Crippen molar-refractivity contribution in [3.05, 3.63) is 24.0 Å². The lowest BCUT2D eigenvalue weighted by molar-refractivity contribution is 0.0756. The van der Waals surface area contributed by atoms with Crippen molar-refractivity contribution in [2.24, 2.45) is 0 Å². The monoisotopic (exact) mass is 365 g/mol. The molecular formula is C18H27N3O3S. The molecule has 2 saturated heterocycles. The first kappa shape index (κ1) is 18.2. The first-order valence-corrected chi connectivity index (χ1v) is 11.0. The molecule has 2 fully saturated rings. The van der Waals surface area contributed by atoms with Crippen LogP contribution >= 0.6 is 0 Å². The molecule has 2 aliphatic heterocycles. The van der Waals surface area contributed by atoms with E-state index >= 15 is 0 Å². The van der Waals surface area contributed by atoms with E-state index in [0.29, 0.717) is 18.7 Å². The third-order valence-electron chi connectivity index (χ3n) is 5.18. The molecule has 1 atom stereocenters. The van der Waals surface area contributed by atoms with Gasteiger partial charge >= 0.3 is 0 Å². The van der Waals surface area contributed by atoms with E-state index in [4.69, 9.17) is 0 Å². The van der Waals surface area contributed by atoms with Gasteiger partial charge in [0.2, 0.25) is 0 Å². The fourth-order valence-electron chi connectivity index (χ4n) is 3.82. The normalized spacial score (nSPS) is 23.2. The molecule has 7 heteroatoms. The molecule has 138 valence electrons. The Morgan fingerprint density at radius 1 is 1.28 bits per heavy atom. The van der Waals surface area contributed by atoms with Crippen molar-refractivity contribution in [1.82, 2.24) is 9.88 Å². The van der Waals surface area contributed by atoms with E-state index in [9.17, 15) is 13.2 Å². The summed E-state index contributed by atoms with van der Waals surface area (Å²) >= 11 is 0. The van der Waals surface area contributed by atoms with Crippen molar-refractivity contribution in [3.8, 4) is 0 Å². The van der Waals surface area contributed by atoms with Crippen molar-refractivity contribution in [3.63, 3.8) is 0 Å². The van der Waals surface area contributed by atoms with Crippen LogP contribution in [0.2, 0.25) is 0 Å². The number of sulfone groups is 1. The lowest BCUT2D eigenvalue weighted by Gasteiger charge is -2.29. The van der Waals surface area contributed by atoms with Gasteiger partial charge < -0.3 is 9.80 Å². The molecule has 0 N–H and O–H groups in total. The van der Waals surface area contributed by atoms with Crippen molar-refractivity contribution in [2.75, 3.05) is 36.0 Å². The number of pyridine rings is 1. The van der Waals surface area contributed by atoms with Gasteiger partial charge in [0.15, 0.2) is 9.84 Å². The van der Waals surface area contributed by atoms with Crippen LogP contribution in [0.5, 0.6) is 0 Å². The lowest BCUT2D eigenvalue weighted by Crippen LogP contribution is -2.37. The van der Waals surface area contributed by atoms with E-state index in [2.05, 4.69) is 9.88 Å². The second-order valence-electron chi connectivity index (χ2n) is 6.95. The van der Waals surface area contributed by atoms with Crippen LogP contribution < -0.4 is 4.90 Å². The van der Waals surface area contributed by atoms with Crippen LogP contribution in [0.25, 0.3) is 0 Å². The summed E-state index contributed by atoms with van der Waals surface area (Å²) in [6.07, 6.45) is 6.76. The predicted molar refractivity (Wildman–Crippen MR) is 98.7 cm³/mol. The Labute approximate surface area is 150 Å². The Morgan fingerprint density at radius 3 is 2.60 bits per heavy atom. The van der Waals surface area contributed by atoms with E-state index in [1.165, 1.54) is 12.8 Å². The summed E-state index contributed by atoms with van der Waals surface area (Å²) < 4.78 is 23.6. The fraction of sp³-hybridized carbons (Fsp3) is 0.667. The predicted octanol–water partition coefficient (Wildman–Crippen LogP) is 2.11. The minimum absolute atomic E-state index is 0.0150. The number of nitrogens with zero attached hydrogens (tertiary/aromatic N) is 3. The molecule has 1 aromatic heterocycles. The SMILES string of the molecule is CCN(c1ccnc(C(=O)N2CCCCCC2)c1)C1CCS(=O)(=O)C1. The number of rotatable bonds is 4. The van der Waals surface area contributed by atoms with E-state index < -0.39 is 9.84 Å². The molecule has 3 rings (SSSR count). The Morgan fingerprint density at radius 2 is 2.00 bits per heavy atom. The van der Waals surface area contributed by atoms with Gasteiger partial charge in [-0.25, -0.2) is 8.42 Å². The number of aromatic nitrogens is 1. The van der Waals surface area contributed by atoms with Crippen LogP contribution in [0, 0.1) is 0 Å². The van der Waals surface area contributed by atoms with Gasteiger partial charge in [-0.15, -0.1) is 0 Å². The van der Waals surface area contributed by atoms with Gasteiger partial charge in [-0.1, -0.05) is 12.8 Å². The van der Waals surface area contributed by atoms with Gasteiger partial charge in [-0.05, 0) is 38.3 Å². The quantitative estimate of drug-likeness (QED) is 0.817. The van der Waals surface area contributed by atoms with Gasteiger partial charge in [-0.2, -0.15) is 0 Å². The lowest BCUT2D eigenvalue weighted by atomic mass is 10.2. The molecule has 0 aromatic carbocycles. The van der Waals surface area contributed by atoms with E-state index in [0.717, 1.165) is 31.6 Å². The smallest absolute Gasteiger partial charge is 0.272 e. The van der Waals surface area contributed by atoms with Crippen LogP contribution in [-0.4, -0.2) is 61.4 Å². The number of carbonyl (C=O) groups excluding carboxylic acids is 1. The Hall–Kier alpha value is -1.63. The van der Waals surface area contributed by atoms with Gasteiger partial charge in [0, 0.05) is 37.6 Å². The molecule has 1 unspecified atom stereocenters. The molecule has 0 radical (unpaired) electrons. The van der Waals surface area contributed by atoms with E-state index in [1.807, 2.05) is 24.0 Å². The van der Waals surface area contributed by atoms with Crippen molar-refractivity contribution in [1.29, 1.82) is 0 Å². The Balaban J connectivity index is 1.79. The number of likely N-dealkylation sites (tertiary alicyclic amines) is 1. The molecule has 0 spiro atoms. The van der Waals surface area contributed by atoms with Crippen molar-refractivity contribution in [2.45, 2.75) is 45.1 Å². The highest BCUT2D eigenvalue weighted by atomic mass is 32.2. The molecule has 1 amide bonds. The standard InChI is InChI=1S/C18H27N3O3S/c1-2-21(16-8-12-25(23,24)14-16)15-7-9-19-17(13-15)18(22)20-10-5-3-4-6-11-20/h7,9,13,16H,2-6,8,10-12,14H2,1H3. The molecule has 25 heavy (non-hydrogen) atoms. The topological polar surface area (TPSA) is 70.6 Å². The zero-order chi connectivity index (χ0) is 17.9. The van der Waals surface area contributed by atoms with Crippen molar-refractivity contribution < 1.29 is 13.2 Å². The Kier molecular flexibility index (Phi) is 5.61. The zero-order valence-electron chi connectivity index (χ0n) is 14.9. The molecule has 0 bridgehead atoms. The average molecular weight is 365 g/mol. The largest absolute Gasteiger partial charge is 0.368 e. The average Bonchev–Trinajstić information content (AvgIpc) is 2.80. The number of anilines is 1. The second-order valence-corrected chi connectivity index (χ2v) is 9.18. The highest BCUT2D eigenvalue weighted by Crippen LogP contribution is 2.25. The highest BCUT2D eigenvalue weighted by Gasteiger charge is 2.32. The first-order chi connectivity index (χ1) is 12.0. The summed E-state index contributed by atoms with van der Waals surface area (Å²) in [5.74, 6) is 0.427. The molecule has 0 saturated carbocycles. The number of hydrogen-bond donors (Lipinski definition) is 0. The van der Waals surface area contributed by atoms with Gasteiger partial charge in [0.1, 0.15) is 5.69 Å². The third kappa shape index (κ3) is 4.32. The maximum Gasteiger partial charge on any atom is 0.272 e. The zero-order valence-corrected chi connectivity index (χ0v) is 15.7. The fourth-order valence-corrected chi connectivity index (χ4v) is 5.55. The number of amides is 1. The minimum Gasteiger partial charge on any atom is -0.368 e. The maximum absolute atomic E-state index is 12.8. The van der Waals surface area contributed by atoms with Gasteiger partial charge in [0.05, 0.1) is 11.5 Å².